The maximum absolute atomic E-state index is 6.02. The van der Waals surface area contributed by atoms with Gasteiger partial charge in [-0.1, -0.05) is 41.0 Å². The number of hydrogen-bond donors (Lipinski definition) is 2. The normalized spacial score (nSPS) is 16.2. The Balaban J connectivity index is 1.48. The van der Waals surface area contributed by atoms with E-state index in [9.17, 15) is 0 Å². The average molecular weight is 403 g/mol. The van der Waals surface area contributed by atoms with Gasteiger partial charge in [-0.15, -0.1) is 0 Å². The smallest absolute Gasteiger partial charge is 0.246 e. The molecule has 0 amide bonds. The summed E-state index contributed by atoms with van der Waals surface area (Å²) >= 11 is 6.02. The number of benzene rings is 1. The molecule has 0 aliphatic carbocycles. The van der Waals surface area contributed by atoms with E-state index in [0.717, 1.165) is 44.0 Å². The number of guanidine groups is 1. The molecular weight excluding hydrogens is 376 g/mol. The van der Waals surface area contributed by atoms with E-state index in [1.165, 1.54) is 5.57 Å². The molecule has 0 saturated carbocycles. The molecule has 0 atom stereocenters. The monoisotopic (exact) mass is 402 g/mol. The number of nitrogens with zero attached hydrogens (tertiary/aromatic N) is 4. The van der Waals surface area contributed by atoms with Gasteiger partial charge in [-0.2, -0.15) is 4.98 Å². The Morgan fingerprint density at radius 2 is 2.18 bits per heavy atom. The topological polar surface area (TPSA) is 78.6 Å². The lowest BCUT2D eigenvalue weighted by atomic mass is 10.0. The van der Waals surface area contributed by atoms with Crippen molar-refractivity contribution in [2.75, 3.05) is 26.7 Å². The van der Waals surface area contributed by atoms with Crippen molar-refractivity contribution < 1.29 is 4.52 Å². The highest BCUT2D eigenvalue weighted by atomic mass is 35.5. The number of hydrogen-bond acceptors (Lipinski definition) is 5. The maximum Gasteiger partial charge on any atom is 0.246 e. The molecular formula is C20H27ClN6O. The third kappa shape index (κ3) is 5.81. The van der Waals surface area contributed by atoms with Crippen LogP contribution in [0.15, 0.2) is 45.9 Å². The summed E-state index contributed by atoms with van der Waals surface area (Å²) in [5.41, 5.74) is 2.03. The quantitative estimate of drug-likeness (QED) is 0.439. The number of nitrogens with one attached hydrogen (secondary N) is 2. The van der Waals surface area contributed by atoms with E-state index >= 15 is 0 Å². The van der Waals surface area contributed by atoms with Crippen molar-refractivity contribution in [1.82, 2.24) is 25.7 Å². The molecule has 150 valence electrons. The van der Waals surface area contributed by atoms with Gasteiger partial charge in [-0.05, 0) is 31.9 Å². The van der Waals surface area contributed by atoms with Crippen LogP contribution in [0.5, 0.6) is 0 Å². The molecule has 1 fully saturated rings. The van der Waals surface area contributed by atoms with Gasteiger partial charge in [-0.25, -0.2) is 0 Å². The lowest BCUT2D eigenvalue weighted by Gasteiger charge is -2.33. The first kappa shape index (κ1) is 20.4. The molecule has 0 radical (unpaired) electrons. The van der Waals surface area contributed by atoms with E-state index in [1.807, 2.05) is 24.3 Å². The first-order chi connectivity index (χ1) is 13.5. The summed E-state index contributed by atoms with van der Waals surface area (Å²) in [6, 6.07) is 7.78. The fourth-order valence-corrected chi connectivity index (χ4v) is 3.43. The molecule has 1 aromatic heterocycles. The van der Waals surface area contributed by atoms with Crippen LogP contribution in [0.4, 0.5) is 0 Å². The van der Waals surface area contributed by atoms with Crippen molar-refractivity contribution in [2.24, 2.45) is 4.99 Å². The van der Waals surface area contributed by atoms with E-state index in [4.69, 9.17) is 16.1 Å². The molecule has 1 aliphatic rings. The minimum atomic E-state index is 0.400. The van der Waals surface area contributed by atoms with Crippen molar-refractivity contribution in [3.63, 3.8) is 0 Å². The summed E-state index contributed by atoms with van der Waals surface area (Å²) in [5, 5.41) is 11.4. The van der Waals surface area contributed by atoms with Gasteiger partial charge < -0.3 is 15.2 Å². The second-order valence-electron chi connectivity index (χ2n) is 7.10. The molecule has 2 heterocycles. The lowest BCUT2D eigenvalue weighted by molar-refractivity contribution is 0.221. The van der Waals surface area contributed by atoms with Gasteiger partial charge in [0.15, 0.2) is 5.96 Å². The standard InChI is InChI=1S/C20H27ClN6O/c1-14(2)13-27-9-7-17(8-10-27)24-20(22-3)23-12-18-25-19(26-28-18)15-5-4-6-16(21)11-15/h4-6,11,17H,1,7-10,12-13H2,2-3H3,(H2,22,23,24). The van der Waals surface area contributed by atoms with Crippen LogP contribution in [0, 0.1) is 0 Å². The Bertz CT molecular complexity index is 826. The maximum atomic E-state index is 6.02. The second-order valence-corrected chi connectivity index (χ2v) is 7.54. The molecule has 2 N–H and O–H groups in total. The van der Waals surface area contributed by atoms with Crippen molar-refractivity contribution in [1.29, 1.82) is 0 Å². The van der Waals surface area contributed by atoms with Crippen LogP contribution in [0.25, 0.3) is 11.4 Å². The zero-order valence-corrected chi connectivity index (χ0v) is 17.2. The van der Waals surface area contributed by atoms with Crippen molar-refractivity contribution >= 4 is 17.6 Å². The summed E-state index contributed by atoms with van der Waals surface area (Å²) in [5.74, 6) is 1.75. The molecule has 1 aliphatic heterocycles. The number of halogens is 1. The predicted molar refractivity (Wildman–Crippen MR) is 112 cm³/mol. The Hall–Kier alpha value is -2.38. The van der Waals surface area contributed by atoms with E-state index in [-0.39, 0.29) is 0 Å². The van der Waals surface area contributed by atoms with Gasteiger partial charge in [0, 0.05) is 43.3 Å². The van der Waals surface area contributed by atoms with Gasteiger partial charge in [0.05, 0.1) is 6.54 Å². The van der Waals surface area contributed by atoms with E-state index in [2.05, 4.69) is 44.2 Å². The summed E-state index contributed by atoms with van der Waals surface area (Å²) in [7, 11) is 1.76. The number of piperidine rings is 1. The van der Waals surface area contributed by atoms with Gasteiger partial charge in [0.25, 0.3) is 0 Å². The zero-order valence-electron chi connectivity index (χ0n) is 16.4. The third-order valence-corrected chi connectivity index (χ3v) is 4.84. The molecule has 2 aromatic rings. The van der Waals surface area contributed by atoms with Gasteiger partial charge in [-0.3, -0.25) is 9.89 Å². The number of aliphatic imine (C=N–C) groups is 1. The molecule has 0 bridgehead atoms. The van der Waals surface area contributed by atoms with E-state index in [0.29, 0.717) is 29.3 Å². The second kappa shape index (κ2) is 9.71. The van der Waals surface area contributed by atoms with Gasteiger partial charge in [0.2, 0.25) is 11.7 Å². The lowest BCUT2D eigenvalue weighted by Crippen LogP contribution is -2.48. The molecule has 1 aromatic carbocycles. The van der Waals surface area contributed by atoms with Crippen LogP contribution in [-0.2, 0) is 6.54 Å². The number of likely N-dealkylation sites (tertiary alicyclic amines) is 1. The van der Waals surface area contributed by atoms with E-state index in [1.54, 1.807) is 7.05 Å². The van der Waals surface area contributed by atoms with Crippen molar-refractivity contribution in [3.8, 4) is 11.4 Å². The van der Waals surface area contributed by atoms with Crippen LogP contribution in [-0.4, -0.2) is 53.7 Å². The Kier molecular flexibility index (Phi) is 7.06. The molecule has 3 rings (SSSR count). The Labute approximate surface area is 170 Å². The molecule has 0 unspecified atom stereocenters. The van der Waals surface area contributed by atoms with E-state index < -0.39 is 0 Å². The SMILES string of the molecule is C=C(C)CN1CCC(NC(=NC)NCc2nc(-c3cccc(Cl)c3)no2)CC1. The first-order valence-electron chi connectivity index (χ1n) is 9.46. The van der Waals surface area contributed by atoms with Crippen molar-refractivity contribution in [3.05, 3.63) is 47.3 Å². The van der Waals surface area contributed by atoms with Crippen LogP contribution < -0.4 is 10.6 Å². The minimum absolute atomic E-state index is 0.400. The predicted octanol–water partition coefficient (Wildman–Crippen LogP) is 3.10. The summed E-state index contributed by atoms with van der Waals surface area (Å²) in [6.45, 7) is 9.58. The number of rotatable bonds is 6. The van der Waals surface area contributed by atoms with Crippen LogP contribution in [0.2, 0.25) is 5.02 Å². The number of aromatic nitrogens is 2. The molecule has 28 heavy (non-hydrogen) atoms. The van der Waals surface area contributed by atoms with Crippen LogP contribution in [0.3, 0.4) is 0 Å². The summed E-state index contributed by atoms with van der Waals surface area (Å²) < 4.78 is 5.33. The fraction of sp³-hybridized carbons (Fsp3) is 0.450. The van der Waals surface area contributed by atoms with Crippen LogP contribution in [0.1, 0.15) is 25.7 Å². The summed E-state index contributed by atoms with van der Waals surface area (Å²) in [6.07, 6.45) is 2.15. The highest BCUT2D eigenvalue weighted by molar-refractivity contribution is 6.30. The molecule has 1 saturated heterocycles. The fourth-order valence-electron chi connectivity index (χ4n) is 3.24. The van der Waals surface area contributed by atoms with Gasteiger partial charge >= 0.3 is 0 Å². The highest BCUT2D eigenvalue weighted by Crippen LogP contribution is 2.19. The minimum Gasteiger partial charge on any atom is -0.354 e. The zero-order chi connectivity index (χ0) is 19.9. The molecule has 7 nitrogen and oxygen atoms in total. The van der Waals surface area contributed by atoms with Gasteiger partial charge in [0.1, 0.15) is 0 Å². The largest absolute Gasteiger partial charge is 0.354 e. The summed E-state index contributed by atoms with van der Waals surface area (Å²) in [4.78, 5) is 11.2. The first-order valence-corrected chi connectivity index (χ1v) is 9.83. The molecule has 8 heteroatoms. The Morgan fingerprint density at radius 1 is 1.39 bits per heavy atom. The van der Waals surface area contributed by atoms with Crippen molar-refractivity contribution in [2.45, 2.75) is 32.4 Å². The average Bonchev–Trinajstić information content (AvgIpc) is 3.15. The molecule has 0 spiro atoms. The Morgan fingerprint density at radius 3 is 2.86 bits per heavy atom. The highest BCUT2D eigenvalue weighted by Gasteiger charge is 2.20. The van der Waals surface area contributed by atoms with Crippen LogP contribution >= 0.6 is 11.6 Å². The third-order valence-electron chi connectivity index (χ3n) is 4.60.